The van der Waals surface area contributed by atoms with Gasteiger partial charge in [-0.2, -0.15) is 0 Å². The molecular formula is C17H19FN2O. The highest BCUT2D eigenvalue weighted by Gasteiger charge is 2.24. The highest BCUT2D eigenvalue weighted by atomic mass is 19.1. The van der Waals surface area contributed by atoms with Gasteiger partial charge < -0.3 is 10.5 Å². The van der Waals surface area contributed by atoms with E-state index >= 15 is 0 Å². The maximum absolute atomic E-state index is 13.2. The van der Waals surface area contributed by atoms with Crippen molar-refractivity contribution in [3.63, 3.8) is 0 Å². The summed E-state index contributed by atoms with van der Waals surface area (Å²) >= 11 is 0. The quantitative estimate of drug-likeness (QED) is 0.878. The minimum atomic E-state index is -0.203. The molecule has 3 nitrogen and oxygen atoms in total. The average molecular weight is 286 g/mol. The summed E-state index contributed by atoms with van der Waals surface area (Å²) in [6.45, 7) is 1.61. The van der Waals surface area contributed by atoms with Crippen LogP contribution in [0.2, 0.25) is 0 Å². The third kappa shape index (κ3) is 3.34. The van der Waals surface area contributed by atoms with Crippen molar-refractivity contribution in [3.05, 3.63) is 59.4 Å². The van der Waals surface area contributed by atoms with E-state index in [-0.39, 0.29) is 11.9 Å². The van der Waals surface area contributed by atoms with Crippen LogP contribution in [-0.2, 0) is 13.0 Å². The minimum Gasteiger partial charge on any atom is -0.488 e. The molecule has 0 amide bonds. The topological polar surface area (TPSA) is 38.5 Å². The van der Waals surface area contributed by atoms with Gasteiger partial charge in [0, 0.05) is 30.8 Å². The molecule has 0 aromatic heterocycles. The van der Waals surface area contributed by atoms with Crippen molar-refractivity contribution in [1.29, 1.82) is 0 Å². The molecule has 2 aromatic rings. The van der Waals surface area contributed by atoms with Crippen molar-refractivity contribution in [3.8, 4) is 5.75 Å². The lowest BCUT2D eigenvalue weighted by atomic mass is 10.1. The van der Waals surface area contributed by atoms with Crippen molar-refractivity contribution in [1.82, 2.24) is 4.90 Å². The Kier molecular flexibility index (Phi) is 3.80. The Morgan fingerprint density at radius 2 is 2.14 bits per heavy atom. The van der Waals surface area contributed by atoms with Gasteiger partial charge in [-0.3, -0.25) is 4.90 Å². The third-order valence-corrected chi connectivity index (χ3v) is 3.68. The molecule has 1 aliphatic rings. The van der Waals surface area contributed by atoms with E-state index in [1.54, 1.807) is 12.1 Å². The van der Waals surface area contributed by atoms with Crippen LogP contribution in [0.15, 0.2) is 42.5 Å². The number of halogens is 1. The molecule has 0 radical (unpaired) electrons. The summed E-state index contributed by atoms with van der Waals surface area (Å²) < 4.78 is 19.1. The summed E-state index contributed by atoms with van der Waals surface area (Å²) in [5, 5.41) is 0. The molecule has 0 saturated heterocycles. The van der Waals surface area contributed by atoms with Gasteiger partial charge in [-0.15, -0.1) is 0 Å². The summed E-state index contributed by atoms with van der Waals surface area (Å²) in [4.78, 5) is 2.20. The minimum absolute atomic E-state index is 0.0767. The van der Waals surface area contributed by atoms with Crippen LogP contribution >= 0.6 is 0 Å². The Morgan fingerprint density at radius 3 is 2.95 bits per heavy atom. The molecule has 0 fully saturated rings. The number of likely N-dealkylation sites (N-methyl/N-ethyl adjacent to an activating group) is 1. The van der Waals surface area contributed by atoms with Crippen LogP contribution < -0.4 is 10.5 Å². The fourth-order valence-corrected chi connectivity index (χ4v) is 2.81. The van der Waals surface area contributed by atoms with Gasteiger partial charge in [0.1, 0.15) is 17.7 Å². The van der Waals surface area contributed by atoms with E-state index in [1.807, 2.05) is 18.2 Å². The van der Waals surface area contributed by atoms with Crippen LogP contribution in [0.4, 0.5) is 10.1 Å². The molecule has 0 saturated carbocycles. The van der Waals surface area contributed by atoms with Crippen LogP contribution in [-0.4, -0.2) is 24.6 Å². The molecule has 110 valence electrons. The van der Waals surface area contributed by atoms with Gasteiger partial charge in [0.2, 0.25) is 0 Å². The van der Waals surface area contributed by atoms with E-state index in [0.29, 0.717) is 0 Å². The molecule has 1 unspecified atom stereocenters. The van der Waals surface area contributed by atoms with Crippen molar-refractivity contribution in [2.24, 2.45) is 0 Å². The molecule has 0 bridgehead atoms. The van der Waals surface area contributed by atoms with Gasteiger partial charge in [0.15, 0.2) is 0 Å². The number of benzene rings is 2. The lowest BCUT2D eigenvalue weighted by molar-refractivity contribution is 0.165. The number of rotatable bonds is 4. The summed E-state index contributed by atoms with van der Waals surface area (Å²) in [5.74, 6) is 0.602. The van der Waals surface area contributed by atoms with Crippen molar-refractivity contribution in [2.75, 3.05) is 19.3 Å². The first-order valence-corrected chi connectivity index (χ1v) is 7.08. The fourth-order valence-electron chi connectivity index (χ4n) is 2.81. The number of hydrogen-bond donors (Lipinski definition) is 1. The van der Waals surface area contributed by atoms with Gasteiger partial charge in [0.25, 0.3) is 0 Å². The SMILES string of the molecule is CN(Cc1cccc(N)c1)CC1Cc2cc(F)ccc2O1. The van der Waals surface area contributed by atoms with E-state index in [0.717, 1.165) is 36.5 Å². The zero-order valence-corrected chi connectivity index (χ0v) is 12.1. The second-order valence-electron chi connectivity index (χ2n) is 5.64. The van der Waals surface area contributed by atoms with Crippen LogP contribution in [0.25, 0.3) is 0 Å². The monoisotopic (exact) mass is 286 g/mol. The van der Waals surface area contributed by atoms with Gasteiger partial charge in [-0.25, -0.2) is 4.39 Å². The number of nitrogens with zero attached hydrogens (tertiary/aromatic N) is 1. The van der Waals surface area contributed by atoms with Crippen LogP contribution in [0.5, 0.6) is 5.75 Å². The number of hydrogen-bond acceptors (Lipinski definition) is 3. The summed E-state index contributed by atoms with van der Waals surface area (Å²) in [5.41, 5.74) is 8.71. The van der Waals surface area contributed by atoms with E-state index in [1.165, 1.54) is 11.6 Å². The van der Waals surface area contributed by atoms with E-state index in [2.05, 4.69) is 18.0 Å². The van der Waals surface area contributed by atoms with E-state index in [4.69, 9.17) is 10.5 Å². The predicted molar refractivity (Wildman–Crippen MR) is 81.7 cm³/mol. The average Bonchev–Trinajstić information content (AvgIpc) is 2.79. The molecule has 4 heteroatoms. The standard InChI is InChI=1S/C17H19FN2O/c1-20(10-12-3-2-4-15(19)7-12)11-16-9-13-8-14(18)5-6-17(13)21-16/h2-8,16H,9-11,19H2,1H3. The largest absolute Gasteiger partial charge is 0.488 e. The lowest BCUT2D eigenvalue weighted by Gasteiger charge is -2.21. The fraction of sp³-hybridized carbons (Fsp3) is 0.294. The van der Waals surface area contributed by atoms with Crippen molar-refractivity contribution in [2.45, 2.75) is 19.1 Å². The van der Waals surface area contributed by atoms with E-state index < -0.39 is 0 Å². The maximum atomic E-state index is 13.2. The zero-order chi connectivity index (χ0) is 14.8. The molecular weight excluding hydrogens is 267 g/mol. The van der Waals surface area contributed by atoms with Crippen LogP contribution in [0.3, 0.4) is 0 Å². The predicted octanol–water partition coefficient (Wildman–Crippen LogP) is 2.84. The normalized spacial score (nSPS) is 16.8. The van der Waals surface area contributed by atoms with Gasteiger partial charge >= 0.3 is 0 Å². The maximum Gasteiger partial charge on any atom is 0.123 e. The Balaban J connectivity index is 1.58. The van der Waals surface area contributed by atoms with Crippen LogP contribution in [0, 0.1) is 5.82 Å². The Labute approximate surface area is 124 Å². The third-order valence-electron chi connectivity index (χ3n) is 3.68. The molecule has 2 N–H and O–H groups in total. The zero-order valence-electron chi connectivity index (χ0n) is 12.1. The Bertz CT molecular complexity index is 644. The second-order valence-corrected chi connectivity index (χ2v) is 5.64. The molecule has 0 aliphatic carbocycles. The number of anilines is 1. The van der Waals surface area contributed by atoms with Crippen molar-refractivity contribution >= 4 is 5.69 Å². The first kappa shape index (κ1) is 13.9. The van der Waals surface area contributed by atoms with Crippen LogP contribution in [0.1, 0.15) is 11.1 Å². The molecule has 3 rings (SSSR count). The molecule has 0 spiro atoms. The summed E-state index contributed by atoms with van der Waals surface area (Å²) in [6.07, 6.45) is 0.835. The Hall–Kier alpha value is -2.07. The molecule has 1 heterocycles. The summed E-state index contributed by atoms with van der Waals surface area (Å²) in [7, 11) is 2.05. The first-order chi connectivity index (χ1) is 10.1. The van der Waals surface area contributed by atoms with Gasteiger partial charge in [-0.1, -0.05) is 12.1 Å². The highest BCUT2D eigenvalue weighted by Crippen LogP contribution is 2.29. The van der Waals surface area contributed by atoms with Crippen molar-refractivity contribution < 1.29 is 9.13 Å². The smallest absolute Gasteiger partial charge is 0.123 e. The lowest BCUT2D eigenvalue weighted by Crippen LogP contribution is -2.31. The molecule has 1 atom stereocenters. The molecule has 1 aliphatic heterocycles. The molecule has 2 aromatic carbocycles. The highest BCUT2D eigenvalue weighted by molar-refractivity contribution is 5.40. The second kappa shape index (κ2) is 5.74. The Morgan fingerprint density at radius 1 is 1.29 bits per heavy atom. The van der Waals surface area contributed by atoms with Gasteiger partial charge in [-0.05, 0) is 42.9 Å². The number of ether oxygens (including phenoxy) is 1. The first-order valence-electron chi connectivity index (χ1n) is 7.08. The number of nitrogens with two attached hydrogens (primary N) is 1. The molecule has 21 heavy (non-hydrogen) atoms. The van der Waals surface area contributed by atoms with E-state index in [9.17, 15) is 4.39 Å². The summed E-state index contributed by atoms with van der Waals surface area (Å²) in [6, 6.07) is 12.6. The number of nitrogen functional groups attached to an aromatic ring is 1. The number of fused-ring (bicyclic) bond motifs is 1. The van der Waals surface area contributed by atoms with Gasteiger partial charge in [0.05, 0.1) is 0 Å².